The SMILES string of the molecule is C/N=C1/C(C)=C(P)C(P)=C(C(C)C)/C1=N/C. The first kappa shape index (κ1) is 13.7. The molecule has 0 saturated carbocycles. The molecule has 2 nitrogen and oxygen atoms in total. The molecule has 0 bridgehead atoms. The second-order valence-corrected chi connectivity index (χ2v) is 5.32. The summed E-state index contributed by atoms with van der Waals surface area (Å²) in [4.78, 5) is 8.78. The van der Waals surface area contributed by atoms with Crippen LogP contribution in [-0.2, 0) is 0 Å². The molecule has 2 atom stereocenters. The van der Waals surface area contributed by atoms with Gasteiger partial charge in [-0.15, -0.1) is 18.5 Å². The van der Waals surface area contributed by atoms with Crippen molar-refractivity contribution in [2.24, 2.45) is 15.9 Å². The first-order chi connectivity index (χ1) is 7.45. The summed E-state index contributed by atoms with van der Waals surface area (Å²) in [5.41, 5.74) is 4.53. The molecule has 1 aliphatic rings. The normalized spacial score (nSPS) is 23.0. The predicted octanol–water partition coefficient (Wildman–Crippen LogP) is 3.08. The van der Waals surface area contributed by atoms with E-state index in [4.69, 9.17) is 0 Å². The Morgan fingerprint density at radius 2 is 1.44 bits per heavy atom. The number of hydrogen-bond donors (Lipinski definition) is 0. The van der Waals surface area contributed by atoms with Gasteiger partial charge in [0, 0.05) is 14.1 Å². The molecule has 0 aromatic carbocycles. The fraction of sp³-hybridized carbons (Fsp3) is 0.500. The van der Waals surface area contributed by atoms with Crippen LogP contribution in [0.4, 0.5) is 0 Å². The highest BCUT2D eigenvalue weighted by Crippen LogP contribution is 2.38. The summed E-state index contributed by atoms with van der Waals surface area (Å²) in [5.74, 6) is 0.451. The maximum absolute atomic E-state index is 4.41. The Hall–Kier alpha value is -0.320. The van der Waals surface area contributed by atoms with Crippen LogP contribution < -0.4 is 0 Å². The van der Waals surface area contributed by atoms with E-state index in [0.29, 0.717) is 5.92 Å². The molecule has 2 unspecified atom stereocenters. The molecule has 0 N–H and O–H groups in total. The van der Waals surface area contributed by atoms with Crippen LogP contribution in [-0.4, -0.2) is 25.5 Å². The van der Waals surface area contributed by atoms with Crippen LogP contribution in [0.1, 0.15) is 20.8 Å². The maximum atomic E-state index is 4.41. The van der Waals surface area contributed by atoms with Crippen molar-refractivity contribution in [1.82, 2.24) is 0 Å². The van der Waals surface area contributed by atoms with Crippen LogP contribution in [0.2, 0.25) is 0 Å². The molecule has 1 aliphatic carbocycles. The highest BCUT2D eigenvalue weighted by Gasteiger charge is 2.26. The minimum absolute atomic E-state index is 0.451. The first-order valence-electron chi connectivity index (χ1n) is 5.36. The molecule has 0 spiro atoms. The van der Waals surface area contributed by atoms with Crippen LogP contribution >= 0.6 is 18.5 Å². The third kappa shape index (κ3) is 2.19. The Kier molecular flexibility index (Phi) is 4.59. The van der Waals surface area contributed by atoms with Gasteiger partial charge in [-0.1, -0.05) is 13.8 Å². The van der Waals surface area contributed by atoms with E-state index in [0.717, 1.165) is 11.4 Å². The van der Waals surface area contributed by atoms with Gasteiger partial charge in [0.25, 0.3) is 0 Å². The molecule has 0 heterocycles. The smallest absolute Gasteiger partial charge is 0.0866 e. The van der Waals surface area contributed by atoms with E-state index in [1.807, 2.05) is 14.1 Å². The van der Waals surface area contributed by atoms with Gasteiger partial charge in [0.1, 0.15) is 0 Å². The van der Waals surface area contributed by atoms with Gasteiger partial charge in [-0.2, -0.15) is 0 Å². The Labute approximate surface area is 103 Å². The lowest BCUT2D eigenvalue weighted by Crippen LogP contribution is -2.26. The monoisotopic (exact) mass is 254 g/mol. The minimum Gasteiger partial charge on any atom is -0.286 e. The van der Waals surface area contributed by atoms with Gasteiger partial charge >= 0.3 is 0 Å². The van der Waals surface area contributed by atoms with E-state index in [1.54, 1.807) is 0 Å². The Balaban J connectivity index is 3.55. The van der Waals surface area contributed by atoms with Crippen molar-refractivity contribution in [3.05, 3.63) is 21.8 Å². The highest BCUT2D eigenvalue weighted by molar-refractivity contribution is 7.31. The van der Waals surface area contributed by atoms with Crippen molar-refractivity contribution in [2.45, 2.75) is 20.8 Å². The van der Waals surface area contributed by atoms with Crippen LogP contribution in [0.25, 0.3) is 0 Å². The minimum atomic E-state index is 0.451. The molecular weight excluding hydrogens is 234 g/mol. The van der Waals surface area contributed by atoms with Gasteiger partial charge < -0.3 is 0 Å². The van der Waals surface area contributed by atoms with Crippen LogP contribution in [0.5, 0.6) is 0 Å². The zero-order chi connectivity index (χ0) is 12.5. The van der Waals surface area contributed by atoms with Gasteiger partial charge in [-0.3, -0.25) is 9.98 Å². The summed E-state index contributed by atoms with van der Waals surface area (Å²) >= 11 is 0. The first-order valence-corrected chi connectivity index (χ1v) is 6.52. The lowest BCUT2D eigenvalue weighted by Gasteiger charge is -2.26. The second-order valence-electron chi connectivity index (χ2n) is 4.17. The van der Waals surface area contributed by atoms with Crippen molar-refractivity contribution in [1.29, 1.82) is 0 Å². The molecule has 1 rings (SSSR count). The summed E-state index contributed by atoms with van der Waals surface area (Å²) < 4.78 is 0. The maximum Gasteiger partial charge on any atom is 0.0866 e. The van der Waals surface area contributed by atoms with Gasteiger partial charge in [0.05, 0.1) is 11.4 Å². The standard InChI is InChI=1S/C12H20N2P2/c1-6(2)8-10(14-5)9(13-4)7(3)11(15)12(8)16/h6H,15-16H2,1-5H3/b13-9-,14-10-. The Morgan fingerprint density at radius 1 is 0.938 bits per heavy atom. The van der Waals surface area contributed by atoms with Gasteiger partial charge in [-0.25, -0.2) is 0 Å². The van der Waals surface area contributed by atoms with E-state index in [1.165, 1.54) is 21.8 Å². The summed E-state index contributed by atoms with van der Waals surface area (Å²) in [7, 11) is 9.30. The van der Waals surface area contributed by atoms with Gasteiger partial charge in [0.15, 0.2) is 0 Å². The van der Waals surface area contributed by atoms with E-state index in [2.05, 4.69) is 49.2 Å². The quantitative estimate of drug-likeness (QED) is 0.507. The van der Waals surface area contributed by atoms with Crippen molar-refractivity contribution in [3.63, 3.8) is 0 Å². The molecule has 0 aromatic heterocycles. The molecule has 0 saturated heterocycles. The predicted molar refractivity (Wildman–Crippen MR) is 80.7 cm³/mol. The van der Waals surface area contributed by atoms with Crippen molar-refractivity contribution < 1.29 is 0 Å². The average molecular weight is 254 g/mol. The van der Waals surface area contributed by atoms with E-state index >= 15 is 0 Å². The molecule has 0 radical (unpaired) electrons. The largest absolute Gasteiger partial charge is 0.286 e. The number of aliphatic imine (C=N–C) groups is 2. The third-order valence-corrected chi connectivity index (χ3v) is 4.54. The highest BCUT2D eigenvalue weighted by atomic mass is 31.0. The molecule has 4 heteroatoms. The van der Waals surface area contributed by atoms with Gasteiger partial charge in [-0.05, 0) is 34.6 Å². The fourth-order valence-electron chi connectivity index (χ4n) is 1.99. The number of allylic oxidation sites excluding steroid dienone is 4. The fourth-order valence-corrected chi connectivity index (χ4v) is 2.97. The van der Waals surface area contributed by atoms with Crippen molar-refractivity contribution >= 4 is 29.9 Å². The molecule has 0 amide bonds. The molecule has 0 fully saturated rings. The molecule has 88 valence electrons. The molecule has 16 heavy (non-hydrogen) atoms. The number of hydrogen-bond acceptors (Lipinski definition) is 2. The van der Waals surface area contributed by atoms with E-state index < -0.39 is 0 Å². The van der Waals surface area contributed by atoms with E-state index in [9.17, 15) is 0 Å². The lowest BCUT2D eigenvalue weighted by atomic mass is 9.87. The number of rotatable bonds is 1. The number of nitrogens with zero attached hydrogens (tertiary/aromatic N) is 2. The van der Waals surface area contributed by atoms with E-state index in [-0.39, 0.29) is 0 Å². The molecule has 0 aliphatic heterocycles. The van der Waals surface area contributed by atoms with Crippen molar-refractivity contribution in [2.75, 3.05) is 14.1 Å². The summed E-state index contributed by atoms with van der Waals surface area (Å²) in [6.07, 6.45) is 0. The second kappa shape index (κ2) is 5.34. The zero-order valence-electron chi connectivity index (χ0n) is 10.6. The molecule has 0 aromatic rings. The molecular formula is C12H20N2P2. The summed E-state index contributed by atoms with van der Waals surface area (Å²) in [6, 6.07) is 0. The van der Waals surface area contributed by atoms with Crippen LogP contribution in [0.15, 0.2) is 31.8 Å². The Bertz CT molecular complexity index is 426. The average Bonchev–Trinajstić information content (AvgIpc) is 2.24. The summed E-state index contributed by atoms with van der Waals surface area (Å²) in [6.45, 7) is 6.48. The topological polar surface area (TPSA) is 24.7 Å². The zero-order valence-corrected chi connectivity index (χ0v) is 12.9. The lowest BCUT2D eigenvalue weighted by molar-refractivity contribution is 0.801. The van der Waals surface area contributed by atoms with Crippen LogP contribution in [0, 0.1) is 5.92 Å². The van der Waals surface area contributed by atoms with Crippen molar-refractivity contribution in [3.8, 4) is 0 Å². The van der Waals surface area contributed by atoms with Crippen LogP contribution in [0.3, 0.4) is 0 Å². The third-order valence-electron chi connectivity index (χ3n) is 2.84. The van der Waals surface area contributed by atoms with Gasteiger partial charge in [0.2, 0.25) is 0 Å². The summed E-state index contributed by atoms with van der Waals surface area (Å²) in [5, 5.41) is 2.47. The Morgan fingerprint density at radius 3 is 1.81 bits per heavy atom.